The predicted octanol–water partition coefficient (Wildman–Crippen LogP) is 3.60. The third-order valence-electron chi connectivity index (χ3n) is 4.70. The van der Waals surface area contributed by atoms with Crippen LogP contribution in [0.2, 0.25) is 0 Å². The number of fused-ring (bicyclic) bond motifs is 1. The monoisotopic (exact) mass is 369 g/mol. The number of methoxy groups -OCH3 is 1. The topological polar surface area (TPSA) is 72.9 Å². The molecule has 0 fully saturated rings. The Morgan fingerprint density at radius 1 is 1.15 bits per heavy atom. The summed E-state index contributed by atoms with van der Waals surface area (Å²) in [5, 5.41) is 0.845. The van der Waals surface area contributed by atoms with Gasteiger partial charge in [0.25, 0.3) is 0 Å². The fraction of sp³-hybridized carbons (Fsp3) is 0.333. The molecule has 1 aromatic carbocycles. The summed E-state index contributed by atoms with van der Waals surface area (Å²) in [5.41, 5.74) is 1.44. The highest BCUT2D eigenvalue weighted by atomic mass is 16.5. The van der Waals surface area contributed by atoms with Crippen LogP contribution in [0.25, 0.3) is 11.0 Å². The van der Waals surface area contributed by atoms with Gasteiger partial charge in [-0.1, -0.05) is 0 Å². The molecule has 2 heterocycles. The first-order valence-corrected chi connectivity index (χ1v) is 8.78. The zero-order chi connectivity index (χ0) is 19.6. The molecule has 3 aromatic rings. The predicted molar refractivity (Wildman–Crippen MR) is 102 cm³/mol. The fourth-order valence-electron chi connectivity index (χ4n) is 3.11. The van der Waals surface area contributed by atoms with E-state index in [-0.39, 0.29) is 12.3 Å². The lowest BCUT2D eigenvalue weighted by Crippen LogP contribution is -2.27. The van der Waals surface area contributed by atoms with Crippen molar-refractivity contribution < 1.29 is 18.4 Å². The number of rotatable bonds is 6. The van der Waals surface area contributed by atoms with Gasteiger partial charge in [-0.3, -0.25) is 4.79 Å². The molecule has 142 valence electrons. The smallest absolute Gasteiger partial charge is 0.339 e. The Morgan fingerprint density at radius 3 is 2.59 bits per heavy atom. The highest BCUT2D eigenvalue weighted by molar-refractivity contribution is 5.82. The van der Waals surface area contributed by atoms with Gasteiger partial charge in [0.2, 0.25) is 5.91 Å². The lowest BCUT2D eigenvalue weighted by Gasteiger charge is -2.16. The van der Waals surface area contributed by atoms with Crippen LogP contribution >= 0.6 is 0 Å². The number of ether oxygens (including phenoxy) is 1. The molecule has 0 saturated carbocycles. The molecule has 6 heteroatoms. The second kappa shape index (κ2) is 7.70. The van der Waals surface area contributed by atoms with Gasteiger partial charge in [-0.2, -0.15) is 0 Å². The number of aryl methyl sites for hydroxylation is 2. The minimum absolute atomic E-state index is 0.0577. The summed E-state index contributed by atoms with van der Waals surface area (Å²) < 4.78 is 16.1. The van der Waals surface area contributed by atoms with E-state index in [1.807, 2.05) is 38.1 Å². The van der Waals surface area contributed by atoms with Crippen LogP contribution < -0.4 is 10.4 Å². The maximum absolute atomic E-state index is 12.4. The number of hydrogen-bond donors (Lipinski definition) is 0. The van der Waals surface area contributed by atoms with Gasteiger partial charge in [0, 0.05) is 30.5 Å². The normalized spacial score (nSPS) is 11.0. The molecule has 0 bridgehead atoms. The molecular weight excluding hydrogens is 346 g/mol. The maximum Gasteiger partial charge on any atom is 0.339 e. The van der Waals surface area contributed by atoms with E-state index in [1.165, 1.54) is 0 Å². The summed E-state index contributed by atoms with van der Waals surface area (Å²) in [5.74, 6) is 2.12. The van der Waals surface area contributed by atoms with Crippen molar-refractivity contribution in [3.05, 3.63) is 63.4 Å². The Bertz CT molecular complexity index is 1030. The Balaban J connectivity index is 1.74. The highest BCUT2D eigenvalue weighted by Gasteiger charge is 2.16. The van der Waals surface area contributed by atoms with Gasteiger partial charge in [0.15, 0.2) is 0 Å². The van der Waals surface area contributed by atoms with Gasteiger partial charge < -0.3 is 18.5 Å². The lowest BCUT2D eigenvalue weighted by atomic mass is 10.0. The van der Waals surface area contributed by atoms with E-state index in [0.717, 1.165) is 22.5 Å². The molecule has 0 radical (unpaired) electrons. The van der Waals surface area contributed by atoms with Crippen molar-refractivity contribution in [1.29, 1.82) is 0 Å². The summed E-state index contributed by atoms with van der Waals surface area (Å²) in [6, 6.07) is 9.10. The first-order chi connectivity index (χ1) is 12.9. The second-order valence-electron chi connectivity index (χ2n) is 6.62. The van der Waals surface area contributed by atoms with Gasteiger partial charge in [-0.15, -0.1) is 0 Å². The second-order valence-corrected chi connectivity index (χ2v) is 6.62. The Labute approximate surface area is 157 Å². The molecular formula is C21H23NO5. The lowest BCUT2D eigenvalue weighted by molar-refractivity contribution is -0.130. The zero-order valence-electron chi connectivity index (χ0n) is 16.0. The number of carbonyl (C=O) groups excluding carboxylic acids is 1. The number of furan rings is 1. The summed E-state index contributed by atoms with van der Waals surface area (Å²) in [4.78, 5) is 26.4. The Kier molecular flexibility index (Phi) is 5.35. The third kappa shape index (κ3) is 4.05. The maximum atomic E-state index is 12.4. The van der Waals surface area contributed by atoms with Gasteiger partial charge >= 0.3 is 5.63 Å². The Morgan fingerprint density at radius 2 is 1.93 bits per heavy atom. The molecule has 27 heavy (non-hydrogen) atoms. The molecule has 0 spiro atoms. The van der Waals surface area contributed by atoms with Crippen LogP contribution in [-0.2, 0) is 17.8 Å². The number of nitrogens with zero attached hydrogens (tertiary/aromatic N) is 1. The molecule has 0 unspecified atom stereocenters. The van der Waals surface area contributed by atoms with Crippen molar-refractivity contribution in [3.8, 4) is 5.75 Å². The van der Waals surface area contributed by atoms with E-state index >= 15 is 0 Å². The van der Waals surface area contributed by atoms with Crippen LogP contribution in [0.15, 0.2) is 44.0 Å². The zero-order valence-corrected chi connectivity index (χ0v) is 16.0. The van der Waals surface area contributed by atoms with Crippen molar-refractivity contribution in [2.24, 2.45) is 0 Å². The van der Waals surface area contributed by atoms with Crippen molar-refractivity contribution in [1.82, 2.24) is 4.90 Å². The van der Waals surface area contributed by atoms with E-state index in [9.17, 15) is 9.59 Å². The van der Waals surface area contributed by atoms with Crippen LogP contribution in [0, 0.1) is 13.8 Å². The van der Waals surface area contributed by atoms with E-state index in [4.69, 9.17) is 13.6 Å². The van der Waals surface area contributed by atoms with Crippen molar-refractivity contribution in [2.45, 2.75) is 33.2 Å². The minimum Gasteiger partial charge on any atom is -0.497 e. The van der Waals surface area contributed by atoms with E-state index in [0.29, 0.717) is 29.9 Å². The molecule has 6 nitrogen and oxygen atoms in total. The molecule has 2 aromatic heterocycles. The average molecular weight is 369 g/mol. The van der Waals surface area contributed by atoms with Crippen molar-refractivity contribution >= 4 is 16.9 Å². The Hall–Kier alpha value is -3.02. The largest absolute Gasteiger partial charge is 0.497 e. The molecule has 1 amide bonds. The minimum atomic E-state index is -0.412. The standard InChI is InChI=1S/C21H23NO5/c1-13-5-6-16(26-13)12-22(3)20(23)10-9-18-14(2)17-8-7-15(25-4)11-19(17)27-21(18)24/h5-8,11H,9-10,12H2,1-4H3. The average Bonchev–Trinajstić information content (AvgIpc) is 3.05. The van der Waals surface area contributed by atoms with Crippen LogP contribution in [0.1, 0.15) is 29.1 Å². The van der Waals surface area contributed by atoms with Crippen molar-refractivity contribution in [2.75, 3.05) is 14.2 Å². The van der Waals surface area contributed by atoms with Crippen LogP contribution in [0.5, 0.6) is 5.75 Å². The molecule has 3 rings (SSSR count). The van der Waals surface area contributed by atoms with E-state index < -0.39 is 5.63 Å². The van der Waals surface area contributed by atoms with Gasteiger partial charge in [-0.05, 0) is 50.1 Å². The molecule has 0 aliphatic heterocycles. The van der Waals surface area contributed by atoms with Crippen LogP contribution in [-0.4, -0.2) is 25.0 Å². The van der Waals surface area contributed by atoms with Crippen LogP contribution in [0.4, 0.5) is 0 Å². The van der Waals surface area contributed by atoms with Gasteiger partial charge in [0.1, 0.15) is 22.9 Å². The molecule has 0 N–H and O–H groups in total. The number of hydrogen-bond acceptors (Lipinski definition) is 5. The summed E-state index contributed by atoms with van der Waals surface area (Å²) in [6.07, 6.45) is 0.555. The highest BCUT2D eigenvalue weighted by Crippen LogP contribution is 2.24. The summed E-state index contributed by atoms with van der Waals surface area (Å²) in [6.45, 7) is 4.14. The molecule has 0 aliphatic carbocycles. The molecule has 0 aliphatic rings. The van der Waals surface area contributed by atoms with Gasteiger partial charge in [0.05, 0.1) is 13.7 Å². The van der Waals surface area contributed by atoms with E-state index in [1.54, 1.807) is 25.1 Å². The fourth-order valence-corrected chi connectivity index (χ4v) is 3.11. The summed E-state index contributed by atoms with van der Waals surface area (Å²) >= 11 is 0. The molecule has 0 atom stereocenters. The molecule has 0 saturated heterocycles. The van der Waals surface area contributed by atoms with Crippen molar-refractivity contribution in [3.63, 3.8) is 0 Å². The van der Waals surface area contributed by atoms with E-state index in [2.05, 4.69) is 0 Å². The first-order valence-electron chi connectivity index (χ1n) is 8.78. The number of amides is 1. The quantitative estimate of drug-likeness (QED) is 0.621. The SMILES string of the molecule is COc1ccc2c(C)c(CCC(=O)N(C)Cc3ccc(C)o3)c(=O)oc2c1. The first kappa shape index (κ1) is 18.8. The third-order valence-corrected chi connectivity index (χ3v) is 4.70. The van der Waals surface area contributed by atoms with Crippen LogP contribution in [0.3, 0.4) is 0 Å². The van der Waals surface area contributed by atoms with Gasteiger partial charge in [-0.25, -0.2) is 4.79 Å². The summed E-state index contributed by atoms with van der Waals surface area (Å²) in [7, 11) is 3.29. The number of benzene rings is 1. The number of carbonyl (C=O) groups is 1.